The van der Waals surface area contributed by atoms with Gasteiger partial charge in [0.2, 0.25) is 0 Å². The van der Waals surface area contributed by atoms with Crippen LogP contribution in [0, 0.1) is 5.82 Å². The van der Waals surface area contributed by atoms with E-state index in [0.29, 0.717) is 0 Å². The lowest BCUT2D eigenvalue weighted by atomic mass is 10.1. The second-order valence-corrected chi connectivity index (χ2v) is 4.68. The van der Waals surface area contributed by atoms with Gasteiger partial charge in [-0.2, -0.15) is 0 Å². The zero-order chi connectivity index (χ0) is 13.0. The maximum absolute atomic E-state index is 13.7. The summed E-state index contributed by atoms with van der Waals surface area (Å²) < 4.78 is 18.6. The molecule has 0 aliphatic rings. The lowest BCUT2D eigenvalue weighted by molar-refractivity contribution is 0.385. The Kier molecular flexibility index (Phi) is 4.28. The number of aromatic nitrogens is 1. The number of hydrogen-bond donors (Lipinski definition) is 1. The first-order valence-electron chi connectivity index (χ1n) is 5.72. The topological polar surface area (TPSA) is 34.1 Å². The zero-order valence-corrected chi connectivity index (χ0v) is 11.1. The van der Waals surface area contributed by atoms with Gasteiger partial charge < -0.3 is 10.1 Å². The first kappa shape index (κ1) is 13.0. The van der Waals surface area contributed by atoms with E-state index >= 15 is 0 Å². The number of hydrogen-bond acceptors (Lipinski definition) is 4. The Morgan fingerprint density at radius 2 is 2.33 bits per heavy atom. The van der Waals surface area contributed by atoms with E-state index in [0.717, 1.165) is 17.1 Å². The van der Waals surface area contributed by atoms with Gasteiger partial charge in [-0.3, -0.25) is 0 Å². The van der Waals surface area contributed by atoms with Gasteiger partial charge in [0.25, 0.3) is 0 Å². The van der Waals surface area contributed by atoms with Gasteiger partial charge >= 0.3 is 0 Å². The summed E-state index contributed by atoms with van der Waals surface area (Å²) >= 11 is 1.55. The molecule has 18 heavy (non-hydrogen) atoms. The van der Waals surface area contributed by atoms with Gasteiger partial charge in [0.05, 0.1) is 13.2 Å². The van der Waals surface area contributed by atoms with Crippen LogP contribution in [-0.4, -0.2) is 18.6 Å². The monoisotopic (exact) mass is 266 g/mol. The molecule has 1 N–H and O–H groups in total. The van der Waals surface area contributed by atoms with Crippen molar-refractivity contribution in [3.05, 3.63) is 46.2 Å². The molecule has 0 bridgehead atoms. The first-order chi connectivity index (χ1) is 8.76. The second kappa shape index (κ2) is 5.93. The van der Waals surface area contributed by atoms with Crippen LogP contribution in [0.25, 0.3) is 0 Å². The van der Waals surface area contributed by atoms with Crippen molar-refractivity contribution in [1.82, 2.24) is 10.3 Å². The molecule has 0 aliphatic carbocycles. The van der Waals surface area contributed by atoms with Gasteiger partial charge in [-0.05, 0) is 24.2 Å². The summed E-state index contributed by atoms with van der Waals surface area (Å²) in [5.41, 5.74) is 0.852. The van der Waals surface area contributed by atoms with Crippen molar-refractivity contribution in [2.45, 2.75) is 13.0 Å². The van der Waals surface area contributed by atoms with Crippen LogP contribution in [-0.2, 0) is 0 Å². The second-order valence-electron chi connectivity index (χ2n) is 3.76. The summed E-state index contributed by atoms with van der Waals surface area (Å²) in [4.78, 5) is 4.29. The summed E-state index contributed by atoms with van der Waals surface area (Å²) in [7, 11) is 1.46. The average molecular weight is 266 g/mol. The molecule has 1 heterocycles. The number of methoxy groups -OCH3 is 1. The van der Waals surface area contributed by atoms with Crippen molar-refractivity contribution < 1.29 is 9.13 Å². The molecular formula is C13H15FN2OS. The van der Waals surface area contributed by atoms with E-state index in [-0.39, 0.29) is 17.6 Å². The largest absolute Gasteiger partial charge is 0.494 e. The Balaban J connectivity index is 2.34. The minimum Gasteiger partial charge on any atom is -0.494 e. The number of benzene rings is 1. The number of rotatable bonds is 5. The molecule has 1 unspecified atom stereocenters. The van der Waals surface area contributed by atoms with Crippen molar-refractivity contribution >= 4 is 11.3 Å². The van der Waals surface area contributed by atoms with Crippen LogP contribution in [0.5, 0.6) is 5.75 Å². The van der Waals surface area contributed by atoms with E-state index in [2.05, 4.69) is 10.3 Å². The molecule has 0 saturated heterocycles. The van der Waals surface area contributed by atoms with Crippen molar-refractivity contribution in [2.24, 2.45) is 0 Å². The highest BCUT2D eigenvalue weighted by molar-refractivity contribution is 7.09. The highest BCUT2D eigenvalue weighted by atomic mass is 32.1. The molecule has 1 aromatic heterocycles. The molecule has 2 rings (SSSR count). The molecule has 2 aromatic rings. The summed E-state index contributed by atoms with van der Waals surface area (Å²) in [5, 5.41) is 6.15. The maximum atomic E-state index is 13.7. The fourth-order valence-corrected chi connectivity index (χ4v) is 2.53. The molecule has 0 saturated carbocycles. The van der Waals surface area contributed by atoms with Crippen molar-refractivity contribution in [3.63, 3.8) is 0 Å². The van der Waals surface area contributed by atoms with Crippen LogP contribution in [0.1, 0.15) is 23.5 Å². The fraction of sp³-hybridized carbons (Fsp3) is 0.308. The standard InChI is InChI=1S/C13H15FN2OS/c1-3-15-12(13-16-6-7-18-13)9-4-5-11(17-2)10(14)8-9/h4-8,12,15H,3H2,1-2H3. The van der Waals surface area contributed by atoms with Crippen molar-refractivity contribution in [2.75, 3.05) is 13.7 Å². The predicted octanol–water partition coefficient (Wildman–Crippen LogP) is 2.99. The molecule has 3 nitrogen and oxygen atoms in total. The fourth-order valence-electron chi connectivity index (χ4n) is 1.79. The third-order valence-electron chi connectivity index (χ3n) is 2.62. The van der Waals surface area contributed by atoms with Crippen LogP contribution in [0.2, 0.25) is 0 Å². The Morgan fingerprint density at radius 1 is 1.50 bits per heavy atom. The summed E-state index contributed by atoms with van der Waals surface area (Å²) in [5.74, 6) is -0.0948. The minimum absolute atomic E-state index is 0.0737. The number of halogens is 1. The molecule has 0 amide bonds. The highest BCUT2D eigenvalue weighted by Gasteiger charge is 2.17. The minimum atomic E-state index is -0.352. The van der Waals surface area contributed by atoms with E-state index < -0.39 is 0 Å². The molecule has 0 radical (unpaired) electrons. The zero-order valence-electron chi connectivity index (χ0n) is 10.3. The molecule has 5 heteroatoms. The number of thiazole rings is 1. The van der Waals surface area contributed by atoms with Crippen LogP contribution < -0.4 is 10.1 Å². The molecule has 0 spiro atoms. The van der Waals surface area contributed by atoms with E-state index in [9.17, 15) is 4.39 Å². The third-order valence-corrected chi connectivity index (χ3v) is 3.46. The molecule has 1 atom stereocenters. The Morgan fingerprint density at radius 3 is 2.89 bits per heavy atom. The van der Waals surface area contributed by atoms with E-state index in [1.807, 2.05) is 18.4 Å². The lowest BCUT2D eigenvalue weighted by Gasteiger charge is -2.16. The lowest BCUT2D eigenvalue weighted by Crippen LogP contribution is -2.21. The van der Waals surface area contributed by atoms with Gasteiger partial charge in [0, 0.05) is 11.6 Å². The summed E-state index contributed by atoms with van der Waals surface area (Å²) in [6.45, 7) is 2.80. The van der Waals surface area contributed by atoms with Gasteiger partial charge in [-0.1, -0.05) is 13.0 Å². The summed E-state index contributed by atoms with van der Waals surface area (Å²) in [6.07, 6.45) is 1.75. The Bertz CT molecular complexity index is 502. The Labute approximate surface area is 110 Å². The molecule has 96 valence electrons. The quantitative estimate of drug-likeness (QED) is 0.903. The maximum Gasteiger partial charge on any atom is 0.165 e. The number of ether oxygens (including phenoxy) is 1. The van der Waals surface area contributed by atoms with Gasteiger partial charge in [-0.25, -0.2) is 9.37 Å². The number of nitrogens with zero attached hydrogens (tertiary/aromatic N) is 1. The van der Waals surface area contributed by atoms with Crippen molar-refractivity contribution in [3.8, 4) is 5.75 Å². The predicted molar refractivity (Wildman–Crippen MR) is 70.6 cm³/mol. The third kappa shape index (κ3) is 2.68. The van der Waals surface area contributed by atoms with Crippen molar-refractivity contribution in [1.29, 1.82) is 0 Å². The number of nitrogens with one attached hydrogen (secondary N) is 1. The normalized spacial score (nSPS) is 12.4. The van der Waals surface area contributed by atoms with Gasteiger partial charge in [-0.15, -0.1) is 11.3 Å². The molecule has 1 aromatic carbocycles. The highest BCUT2D eigenvalue weighted by Crippen LogP contribution is 2.27. The van der Waals surface area contributed by atoms with Crippen LogP contribution in [0.15, 0.2) is 29.8 Å². The van der Waals surface area contributed by atoms with Crippen LogP contribution in [0.3, 0.4) is 0 Å². The molecular weight excluding hydrogens is 251 g/mol. The van der Waals surface area contributed by atoms with Gasteiger partial charge in [0.15, 0.2) is 11.6 Å². The van der Waals surface area contributed by atoms with Gasteiger partial charge in [0.1, 0.15) is 5.01 Å². The van der Waals surface area contributed by atoms with E-state index in [4.69, 9.17) is 4.74 Å². The molecule has 0 fully saturated rings. The average Bonchev–Trinajstić information content (AvgIpc) is 2.89. The van der Waals surface area contributed by atoms with E-state index in [1.165, 1.54) is 13.2 Å². The van der Waals surface area contributed by atoms with Crippen LogP contribution in [0.4, 0.5) is 4.39 Å². The molecule has 0 aliphatic heterocycles. The Hall–Kier alpha value is -1.46. The van der Waals surface area contributed by atoms with E-state index in [1.54, 1.807) is 23.6 Å². The van der Waals surface area contributed by atoms with Crippen LogP contribution >= 0.6 is 11.3 Å². The SMILES string of the molecule is CCNC(c1ccc(OC)c(F)c1)c1nccs1. The smallest absolute Gasteiger partial charge is 0.165 e. The first-order valence-corrected chi connectivity index (χ1v) is 6.60. The summed E-state index contributed by atoms with van der Waals surface area (Å²) in [6, 6.07) is 4.92.